The molecule has 104 valence electrons. The fourth-order valence-electron chi connectivity index (χ4n) is 1.85. The lowest BCUT2D eigenvalue weighted by Crippen LogP contribution is -2.29. The van der Waals surface area contributed by atoms with E-state index in [-0.39, 0.29) is 0 Å². The molecule has 0 N–H and O–H groups in total. The number of halogens is 1. The van der Waals surface area contributed by atoms with Gasteiger partial charge in [-0.15, -0.1) is 11.3 Å². The third-order valence-corrected chi connectivity index (χ3v) is 4.33. The largest absolute Gasteiger partial charge is 0.358 e. The van der Waals surface area contributed by atoms with Gasteiger partial charge in [0.1, 0.15) is 10.6 Å². The van der Waals surface area contributed by atoms with Crippen LogP contribution in [0, 0.1) is 0 Å². The Morgan fingerprint density at radius 1 is 1.21 bits per heavy atom. The third-order valence-electron chi connectivity index (χ3n) is 2.99. The summed E-state index contributed by atoms with van der Waals surface area (Å²) in [4.78, 5) is 15.3. The standard InChI is InChI=1S/C13H19ClN4S/c1-5-9-8-10-11(18(4)7-6-17(2)3)15-13(14)16-12(10)19-9/h8H,5-7H2,1-4H3. The van der Waals surface area contributed by atoms with Crippen LogP contribution in [0.15, 0.2) is 6.07 Å². The molecule has 0 aromatic carbocycles. The van der Waals surface area contributed by atoms with Crippen LogP contribution in [-0.4, -0.2) is 49.1 Å². The molecule has 2 aromatic heterocycles. The Hall–Kier alpha value is -0.910. The van der Waals surface area contributed by atoms with E-state index in [1.807, 2.05) is 7.05 Å². The Bertz CT molecular complexity index is 567. The molecule has 0 aliphatic heterocycles. The maximum absolute atomic E-state index is 6.03. The van der Waals surface area contributed by atoms with Crippen molar-refractivity contribution in [3.05, 3.63) is 16.2 Å². The van der Waals surface area contributed by atoms with Gasteiger partial charge in [0.2, 0.25) is 5.28 Å². The van der Waals surface area contributed by atoms with Gasteiger partial charge in [-0.2, -0.15) is 4.98 Å². The van der Waals surface area contributed by atoms with Crippen molar-refractivity contribution in [1.82, 2.24) is 14.9 Å². The maximum atomic E-state index is 6.03. The first-order valence-electron chi connectivity index (χ1n) is 6.33. The van der Waals surface area contributed by atoms with Crippen LogP contribution < -0.4 is 4.90 Å². The number of fused-ring (bicyclic) bond motifs is 1. The van der Waals surface area contributed by atoms with Gasteiger partial charge >= 0.3 is 0 Å². The van der Waals surface area contributed by atoms with Crippen molar-refractivity contribution in [3.8, 4) is 0 Å². The SMILES string of the molecule is CCc1cc2c(N(C)CCN(C)C)nc(Cl)nc2s1. The van der Waals surface area contributed by atoms with E-state index in [0.717, 1.165) is 35.5 Å². The molecular weight excluding hydrogens is 280 g/mol. The van der Waals surface area contributed by atoms with E-state index in [9.17, 15) is 0 Å². The molecule has 0 aliphatic rings. The van der Waals surface area contributed by atoms with Crippen molar-refractivity contribution in [2.45, 2.75) is 13.3 Å². The molecular formula is C13H19ClN4S. The number of nitrogens with zero attached hydrogens (tertiary/aromatic N) is 4. The Morgan fingerprint density at radius 3 is 2.58 bits per heavy atom. The molecule has 0 amide bonds. The molecule has 6 heteroatoms. The minimum atomic E-state index is 0.323. The maximum Gasteiger partial charge on any atom is 0.225 e. The second kappa shape index (κ2) is 6.03. The molecule has 0 saturated heterocycles. The first kappa shape index (κ1) is 14.5. The van der Waals surface area contributed by atoms with Crippen LogP contribution in [0.4, 0.5) is 5.82 Å². The monoisotopic (exact) mass is 298 g/mol. The van der Waals surface area contributed by atoms with Gasteiger partial charge in [-0.1, -0.05) is 6.92 Å². The number of anilines is 1. The van der Waals surface area contributed by atoms with E-state index < -0.39 is 0 Å². The molecule has 0 bridgehead atoms. The normalized spacial score (nSPS) is 11.5. The summed E-state index contributed by atoms with van der Waals surface area (Å²) in [7, 11) is 6.18. The molecule has 0 aliphatic carbocycles. The first-order chi connectivity index (χ1) is 9.01. The van der Waals surface area contributed by atoms with Gasteiger partial charge in [-0.05, 0) is 38.2 Å². The van der Waals surface area contributed by atoms with Gasteiger partial charge in [-0.25, -0.2) is 4.98 Å². The van der Waals surface area contributed by atoms with Crippen LogP contribution in [0.2, 0.25) is 5.28 Å². The zero-order chi connectivity index (χ0) is 14.0. The highest BCUT2D eigenvalue weighted by Gasteiger charge is 2.13. The molecule has 0 fully saturated rings. The molecule has 2 heterocycles. The second-order valence-electron chi connectivity index (χ2n) is 4.83. The van der Waals surface area contributed by atoms with Crippen molar-refractivity contribution >= 4 is 39.0 Å². The van der Waals surface area contributed by atoms with Gasteiger partial charge in [0, 0.05) is 25.0 Å². The summed E-state index contributed by atoms with van der Waals surface area (Å²) >= 11 is 7.73. The van der Waals surface area contributed by atoms with Crippen LogP contribution >= 0.6 is 22.9 Å². The van der Waals surface area contributed by atoms with Crippen molar-refractivity contribution in [2.75, 3.05) is 39.1 Å². The number of aromatic nitrogens is 2. The van der Waals surface area contributed by atoms with E-state index in [1.54, 1.807) is 11.3 Å². The van der Waals surface area contributed by atoms with Crippen LogP contribution in [0.5, 0.6) is 0 Å². The summed E-state index contributed by atoms with van der Waals surface area (Å²) in [5, 5.41) is 1.43. The van der Waals surface area contributed by atoms with Crippen LogP contribution in [-0.2, 0) is 6.42 Å². The minimum absolute atomic E-state index is 0.323. The zero-order valence-corrected chi connectivity index (χ0v) is 13.3. The average Bonchev–Trinajstić information content (AvgIpc) is 2.77. The molecule has 19 heavy (non-hydrogen) atoms. The number of likely N-dealkylation sites (N-methyl/N-ethyl adjacent to an activating group) is 2. The van der Waals surface area contributed by atoms with Crippen LogP contribution in [0.25, 0.3) is 10.2 Å². The lowest BCUT2D eigenvalue weighted by atomic mass is 10.3. The molecule has 0 atom stereocenters. The van der Waals surface area contributed by atoms with E-state index >= 15 is 0 Å². The summed E-state index contributed by atoms with van der Waals surface area (Å²) in [6, 6.07) is 2.18. The number of hydrogen-bond acceptors (Lipinski definition) is 5. The topological polar surface area (TPSA) is 32.3 Å². The Labute approximate surface area is 123 Å². The van der Waals surface area contributed by atoms with E-state index in [2.05, 4.69) is 46.9 Å². The fraction of sp³-hybridized carbons (Fsp3) is 0.538. The number of thiophene rings is 1. The van der Waals surface area contributed by atoms with Gasteiger partial charge in [0.25, 0.3) is 0 Å². The molecule has 0 unspecified atom stereocenters. The highest BCUT2D eigenvalue weighted by atomic mass is 35.5. The Morgan fingerprint density at radius 2 is 1.95 bits per heavy atom. The summed E-state index contributed by atoms with van der Waals surface area (Å²) in [6.45, 7) is 4.03. The predicted molar refractivity (Wildman–Crippen MR) is 83.6 cm³/mol. The lowest BCUT2D eigenvalue weighted by Gasteiger charge is -2.21. The Kier molecular flexibility index (Phi) is 4.60. The highest BCUT2D eigenvalue weighted by molar-refractivity contribution is 7.18. The molecule has 2 aromatic rings. The number of aryl methyl sites for hydroxylation is 1. The Balaban J connectivity index is 2.37. The summed E-state index contributed by atoms with van der Waals surface area (Å²) in [5.74, 6) is 0.924. The predicted octanol–water partition coefficient (Wildman–Crippen LogP) is 2.90. The van der Waals surface area contributed by atoms with E-state index in [0.29, 0.717) is 5.28 Å². The quantitative estimate of drug-likeness (QED) is 0.795. The zero-order valence-electron chi connectivity index (χ0n) is 11.8. The fourth-order valence-corrected chi connectivity index (χ4v) is 3.03. The minimum Gasteiger partial charge on any atom is -0.358 e. The van der Waals surface area contributed by atoms with Crippen molar-refractivity contribution in [1.29, 1.82) is 0 Å². The summed E-state index contributed by atoms with van der Waals surface area (Å²) < 4.78 is 0. The first-order valence-corrected chi connectivity index (χ1v) is 7.52. The van der Waals surface area contributed by atoms with Gasteiger partial charge in [0.05, 0.1) is 5.39 Å². The third kappa shape index (κ3) is 3.35. The van der Waals surface area contributed by atoms with E-state index in [1.165, 1.54) is 4.88 Å². The van der Waals surface area contributed by atoms with Crippen LogP contribution in [0.1, 0.15) is 11.8 Å². The molecule has 0 spiro atoms. The number of rotatable bonds is 5. The summed E-state index contributed by atoms with van der Waals surface area (Å²) in [6.07, 6.45) is 1.01. The average molecular weight is 299 g/mol. The van der Waals surface area contributed by atoms with Gasteiger partial charge in [0.15, 0.2) is 0 Å². The van der Waals surface area contributed by atoms with Crippen molar-refractivity contribution in [2.24, 2.45) is 0 Å². The lowest BCUT2D eigenvalue weighted by molar-refractivity contribution is 0.416. The summed E-state index contributed by atoms with van der Waals surface area (Å²) in [5.41, 5.74) is 0. The smallest absolute Gasteiger partial charge is 0.225 e. The molecule has 2 rings (SSSR count). The van der Waals surface area contributed by atoms with Crippen LogP contribution in [0.3, 0.4) is 0 Å². The highest BCUT2D eigenvalue weighted by Crippen LogP contribution is 2.31. The second-order valence-corrected chi connectivity index (χ2v) is 6.28. The molecule has 4 nitrogen and oxygen atoms in total. The van der Waals surface area contributed by atoms with E-state index in [4.69, 9.17) is 11.6 Å². The van der Waals surface area contributed by atoms with Gasteiger partial charge < -0.3 is 9.80 Å². The number of hydrogen-bond donors (Lipinski definition) is 0. The molecule has 0 radical (unpaired) electrons. The van der Waals surface area contributed by atoms with Crippen molar-refractivity contribution in [3.63, 3.8) is 0 Å². The van der Waals surface area contributed by atoms with Gasteiger partial charge in [-0.3, -0.25) is 0 Å². The van der Waals surface area contributed by atoms with Crippen molar-refractivity contribution < 1.29 is 0 Å². The molecule has 0 saturated carbocycles.